The van der Waals surface area contributed by atoms with Gasteiger partial charge in [0.25, 0.3) is 0 Å². The molecule has 0 aliphatic heterocycles. The third-order valence-electron chi connectivity index (χ3n) is 5.56. The average Bonchev–Trinajstić information content (AvgIpc) is 2.79. The van der Waals surface area contributed by atoms with Crippen molar-refractivity contribution in [2.75, 3.05) is 5.32 Å². The molecular weight excluding hydrogens is 529 g/mol. The average molecular weight is 567 g/mol. The van der Waals surface area contributed by atoms with Crippen molar-refractivity contribution in [3.8, 4) is 0 Å². The summed E-state index contributed by atoms with van der Waals surface area (Å²) in [6, 6.07) is 6.01. The number of hydrogen-bond donors (Lipinski definition) is 4. The maximum absolute atomic E-state index is 12.4. The summed E-state index contributed by atoms with van der Waals surface area (Å²) in [4.78, 5) is 23.3. The second kappa shape index (κ2) is 18.0. The van der Waals surface area contributed by atoms with E-state index in [-0.39, 0.29) is 16.6 Å². The number of benzene rings is 1. The number of thiocarbonyl (C=S) groups is 1. The Morgan fingerprint density at radius 1 is 0.857 bits per heavy atom. The summed E-state index contributed by atoms with van der Waals surface area (Å²) in [6.45, 7) is 2.24. The Labute approximate surface area is 229 Å². The molecule has 198 valence electrons. The Morgan fingerprint density at radius 2 is 1.34 bits per heavy atom. The van der Waals surface area contributed by atoms with Gasteiger partial charge in [0.2, 0.25) is 9.70 Å². The van der Waals surface area contributed by atoms with Crippen LogP contribution in [0.2, 0.25) is 0 Å². The van der Waals surface area contributed by atoms with Crippen LogP contribution in [0.4, 0.5) is 5.69 Å². The lowest BCUT2D eigenvalue weighted by atomic mass is 10.0. The number of carboxylic acids is 1. The number of amides is 1. The first kappa shape index (κ1) is 31.7. The maximum Gasteiger partial charge on any atom is 0.335 e. The molecule has 35 heavy (non-hydrogen) atoms. The molecule has 1 unspecified atom stereocenters. The highest BCUT2D eigenvalue weighted by Crippen LogP contribution is 2.29. The maximum atomic E-state index is 12.4. The Kier molecular flexibility index (Phi) is 16.4. The lowest BCUT2D eigenvalue weighted by molar-refractivity contribution is -0.122. The highest BCUT2D eigenvalue weighted by atomic mass is 35.6. The topological polar surface area (TPSA) is 90.5 Å². The summed E-state index contributed by atoms with van der Waals surface area (Å²) in [7, 11) is 0. The Hall–Kier alpha value is -1.28. The van der Waals surface area contributed by atoms with Crippen LogP contribution in [-0.2, 0) is 4.79 Å². The molecule has 1 aromatic carbocycles. The molecule has 0 aromatic heterocycles. The molecular formula is C25H38Cl3N3O3S. The first-order chi connectivity index (χ1) is 16.6. The van der Waals surface area contributed by atoms with E-state index in [4.69, 9.17) is 52.1 Å². The van der Waals surface area contributed by atoms with E-state index < -0.39 is 15.9 Å². The molecule has 10 heteroatoms. The molecule has 6 nitrogen and oxygen atoms in total. The molecule has 1 rings (SSSR count). The monoisotopic (exact) mass is 565 g/mol. The summed E-state index contributed by atoms with van der Waals surface area (Å²) in [5.41, 5.74) is 0.706. The second-order valence-electron chi connectivity index (χ2n) is 8.66. The van der Waals surface area contributed by atoms with E-state index in [1.165, 1.54) is 69.9 Å². The van der Waals surface area contributed by atoms with Crippen LogP contribution < -0.4 is 16.0 Å². The van der Waals surface area contributed by atoms with E-state index in [0.29, 0.717) is 12.1 Å². The van der Waals surface area contributed by atoms with Gasteiger partial charge in [-0.3, -0.25) is 4.79 Å². The van der Waals surface area contributed by atoms with Gasteiger partial charge in [-0.15, -0.1) is 0 Å². The van der Waals surface area contributed by atoms with Crippen LogP contribution in [0.1, 0.15) is 101 Å². The fraction of sp³-hybridized carbons (Fsp3) is 0.640. The van der Waals surface area contributed by atoms with Crippen molar-refractivity contribution in [1.29, 1.82) is 0 Å². The number of carboxylic acid groups (broad SMARTS) is 1. The van der Waals surface area contributed by atoms with E-state index >= 15 is 0 Å². The van der Waals surface area contributed by atoms with E-state index in [2.05, 4.69) is 22.9 Å². The number of rotatable bonds is 17. The molecule has 1 aromatic rings. The second-order valence-corrected chi connectivity index (χ2v) is 11.4. The summed E-state index contributed by atoms with van der Waals surface area (Å²) in [6.07, 6.45) is 13.9. The molecule has 0 saturated carbocycles. The molecule has 1 atom stereocenters. The Morgan fingerprint density at radius 3 is 1.80 bits per heavy atom. The van der Waals surface area contributed by atoms with Crippen molar-refractivity contribution in [2.45, 2.75) is 100 Å². The molecule has 0 saturated heterocycles. The summed E-state index contributed by atoms with van der Waals surface area (Å²) < 4.78 is -1.83. The number of nitrogens with one attached hydrogen (secondary N) is 3. The minimum Gasteiger partial charge on any atom is -0.478 e. The van der Waals surface area contributed by atoms with E-state index in [1.54, 1.807) is 12.1 Å². The molecule has 0 heterocycles. The predicted octanol–water partition coefficient (Wildman–Crippen LogP) is 7.57. The zero-order chi connectivity index (χ0) is 26.1. The Bertz CT molecular complexity index is 773. The van der Waals surface area contributed by atoms with Crippen molar-refractivity contribution in [1.82, 2.24) is 10.6 Å². The largest absolute Gasteiger partial charge is 0.478 e. The molecule has 1 amide bonds. The number of carbonyl (C=O) groups is 2. The molecule has 0 aliphatic rings. The van der Waals surface area contributed by atoms with Gasteiger partial charge in [-0.05, 0) is 42.9 Å². The third-order valence-corrected chi connectivity index (χ3v) is 6.43. The zero-order valence-corrected chi connectivity index (χ0v) is 23.5. The van der Waals surface area contributed by atoms with Crippen LogP contribution in [0.3, 0.4) is 0 Å². The smallest absolute Gasteiger partial charge is 0.335 e. The molecule has 0 spiro atoms. The minimum atomic E-state index is -1.83. The molecule has 0 aliphatic carbocycles. The van der Waals surface area contributed by atoms with Crippen LogP contribution in [0, 0.1) is 0 Å². The van der Waals surface area contributed by atoms with Crippen molar-refractivity contribution >= 4 is 69.7 Å². The quantitative estimate of drug-likeness (QED) is 0.0673. The van der Waals surface area contributed by atoms with E-state index in [9.17, 15) is 9.59 Å². The molecule has 0 bridgehead atoms. The lowest BCUT2D eigenvalue weighted by Crippen LogP contribution is -2.56. The first-order valence-electron chi connectivity index (χ1n) is 12.4. The van der Waals surface area contributed by atoms with Gasteiger partial charge < -0.3 is 21.1 Å². The number of alkyl halides is 3. The fourth-order valence-corrected chi connectivity index (χ4v) is 4.12. The van der Waals surface area contributed by atoms with Crippen LogP contribution in [0.5, 0.6) is 0 Å². The number of carbonyl (C=O) groups excluding carboxylic acids is 1. The fourth-order valence-electron chi connectivity index (χ4n) is 3.55. The van der Waals surface area contributed by atoms with Gasteiger partial charge >= 0.3 is 5.97 Å². The van der Waals surface area contributed by atoms with Gasteiger partial charge in [0, 0.05) is 12.1 Å². The van der Waals surface area contributed by atoms with Crippen LogP contribution in [0.15, 0.2) is 24.3 Å². The SMILES string of the molecule is CCCCCCCCCCCCCCC(=O)NC(NC(=S)Nc1ccc(C(=O)O)cc1)C(Cl)(Cl)Cl. The molecule has 0 radical (unpaired) electrons. The van der Waals surface area contributed by atoms with Gasteiger partial charge in [-0.1, -0.05) is 112 Å². The molecule has 0 fully saturated rings. The number of anilines is 1. The van der Waals surface area contributed by atoms with Gasteiger partial charge in [-0.2, -0.15) is 0 Å². The van der Waals surface area contributed by atoms with E-state index in [0.717, 1.165) is 19.3 Å². The third kappa shape index (κ3) is 15.4. The lowest BCUT2D eigenvalue weighted by Gasteiger charge is -2.27. The highest BCUT2D eigenvalue weighted by molar-refractivity contribution is 7.80. The van der Waals surface area contributed by atoms with Crippen molar-refractivity contribution < 1.29 is 14.7 Å². The number of halogens is 3. The normalized spacial score (nSPS) is 12.1. The van der Waals surface area contributed by atoms with Gasteiger partial charge in [0.1, 0.15) is 6.17 Å². The van der Waals surface area contributed by atoms with Crippen molar-refractivity contribution in [3.63, 3.8) is 0 Å². The predicted molar refractivity (Wildman–Crippen MR) is 151 cm³/mol. The Balaban J connectivity index is 2.27. The van der Waals surface area contributed by atoms with Gasteiger partial charge in [-0.25, -0.2) is 4.79 Å². The number of hydrogen-bond acceptors (Lipinski definition) is 3. The van der Waals surface area contributed by atoms with Crippen LogP contribution >= 0.6 is 47.0 Å². The van der Waals surface area contributed by atoms with Crippen molar-refractivity contribution in [3.05, 3.63) is 29.8 Å². The van der Waals surface area contributed by atoms with E-state index in [1.807, 2.05) is 0 Å². The standard InChI is InChI=1S/C25H38Cl3N3O3S/c1-2-3-4-5-6-7-8-9-10-11-12-13-14-21(32)30-23(25(26,27)28)31-24(35)29-20-17-15-19(16-18-20)22(33)34/h15-18,23H,2-14H2,1H3,(H,30,32)(H,33,34)(H2,29,31,35). The molecule has 4 N–H and O–H groups in total. The van der Waals surface area contributed by atoms with Crippen LogP contribution in [-0.4, -0.2) is 32.1 Å². The minimum absolute atomic E-state index is 0.120. The van der Waals surface area contributed by atoms with Crippen LogP contribution in [0.25, 0.3) is 0 Å². The summed E-state index contributed by atoms with van der Waals surface area (Å²) >= 11 is 23.3. The summed E-state index contributed by atoms with van der Waals surface area (Å²) in [5, 5.41) is 17.5. The summed E-state index contributed by atoms with van der Waals surface area (Å²) in [5.74, 6) is -1.25. The van der Waals surface area contributed by atoms with Gasteiger partial charge in [0.05, 0.1) is 5.56 Å². The zero-order valence-electron chi connectivity index (χ0n) is 20.4. The first-order valence-corrected chi connectivity index (χ1v) is 13.9. The van der Waals surface area contributed by atoms with Gasteiger partial charge in [0.15, 0.2) is 5.11 Å². The van der Waals surface area contributed by atoms with Crippen molar-refractivity contribution in [2.24, 2.45) is 0 Å². The number of aromatic carboxylic acids is 1. The highest BCUT2D eigenvalue weighted by Gasteiger charge is 2.34. The number of unbranched alkanes of at least 4 members (excludes halogenated alkanes) is 11.